The third-order valence-electron chi connectivity index (χ3n) is 3.60. The number of thiophene rings is 1. The van der Waals surface area contributed by atoms with Crippen molar-refractivity contribution in [2.24, 2.45) is 0 Å². The lowest BCUT2D eigenvalue weighted by atomic mass is 10.1. The van der Waals surface area contributed by atoms with Gasteiger partial charge in [0, 0.05) is 6.54 Å². The predicted molar refractivity (Wildman–Crippen MR) is 91.4 cm³/mol. The van der Waals surface area contributed by atoms with Gasteiger partial charge in [0.1, 0.15) is 11.6 Å². The van der Waals surface area contributed by atoms with Gasteiger partial charge in [-0.15, -0.1) is 11.3 Å². The minimum atomic E-state index is -0.258. The summed E-state index contributed by atoms with van der Waals surface area (Å²) in [7, 11) is 0. The number of nitrogens with one attached hydrogen (secondary N) is 1. The van der Waals surface area contributed by atoms with Gasteiger partial charge in [0.25, 0.3) is 0 Å². The Balaban J connectivity index is 1.52. The fourth-order valence-corrected chi connectivity index (χ4v) is 2.96. The van der Waals surface area contributed by atoms with E-state index in [9.17, 15) is 9.18 Å². The molecule has 0 aliphatic rings. The van der Waals surface area contributed by atoms with E-state index in [0.29, 0.717) is 30.3 Å². The molecule has 1 N–H and O–H groups in total. The highest BCUT2D eigenvalue weighted by molar-refractivity contribution is 7.13. The zero-order chi connectivity index (χ0) is 16.9. The van der Waals surface area contributed by atoms with Crippen LogP contribution in [0.15, 0.2) is 46.2 Å². The van der Waals surface area contributed by atoms with Gasteiger partial charge in [-0.05, 0) is 42.5 Å². The molecule has 0 aliphatic heterocycles. The van der Waals surface area contributed by atoms with Crippen LogP contribution in [-0.2, 0) is 17.6 Å². The zero-order valence-corrected chi connectivity index (χ0v) is 14.0. The highest BCUT2D eigenvalue weighted by Crippen LogP contribution is 2.25. The average molecular weight is 344 g/mol. The zero-order valence-electron chi connectivity index (χ0n) is 13.2. The van der Waals surface area contributed by atoms with E-state index in [-0.39, 0.29) is 18.1 Å². The molecule has 0 saturated heterocycles. The molecule has 2 aromatic heterocycles. The molecule has 0 bridgehead atoms. The third-order valence-corrected chi connectivity index (χ3v) is 4.46. The topological polar surface area (TPSA) is 55.1 Å². The van der Waals surface area contributed by atoms with Crippen LogP contribution in [0.2, 0.25) is 0 Å². The fraction of sp³-hybridized carbons (Fsp3) is 0.222. The van der Waals surface area contributed by atoms with Gasteiger partial charge >= 0.3 is 0 Å². The first-order valence-corrected chi connectivity index (χ1v) is 8.51. The molecule has 3 rings (SSSR count). The molecule has 0 unspecified atom stereocenters. The summed E-state index contributed by atoms with van der Waals surface area (Å²) in [5, 5.41) is 4.81. The number of aryl methyl sites for hydroxylation is 1. The first kappa shape index (κ1) is 16.4. The van der Waals surface area contributed by atoms with E-state index >= 15 is 0 Å². The van der Waals surface area contributed by atoms with Gasteiger partial charge in [-0.25, -0.2) is 9.37 Å². The number of benzene rings is 1. The van der Waals surface area contributed by atoms with Crippen molar-refractivity contribution < 1.29 is 13.6 Å². The molecule has 0 radical (unpaired) electrons. The number of oxazole rings is 1. The molecular formula is C18H17FN2O2S. The van der Waals surface area contributed by atoms with Crippen LogP contribution in [0.4, 0.5) is 4.39 Å². The van der Waals surface area contributed by atoms with Gasteiger partial charge in [-0.2, -0.15) is 0 Å². The van der Waals surface area contributed by atoms with Crippen molar-refractivity contribution in [1.29, 1.82) is 0 Å². The molecule has 6 heteroatoms. The average Bonchev–Trinajstić information content (AvgIpc) is 3.20. The second kappa shape index (κ2) is 7.40. The summed E-state index contributed by atoms with van der Waals surface area (Å²) in [5.41, 5.74) is 1.63. The van der Waals surface area contributed by atoms with Crippen LogP contribution in [0.25, 0.3) is 10.8 Å². The number of carbonyl (C=O) groups excluding carboxylic acids is 1. The minimum absolute atomic E-state index is 0.105. The largest absolute Gasteiger partial charge is 0.440 e. The van der Waals surface area contributed by atoms with Gasteiger partial charge in [0.05, 0.1) is 17.0 Å². The molecule has 0 fully saturated rings. The van der Waals surface area contributed by atoms with Crippen molar-refractivity contribution in [1.82, 2.24) is 10.3 Å². The Labute approximate surface area is 143 Å². The monoisotopic (exact) mass is 344 g/mol. The van der Waals surface area contributed by atoms with Gasteiger partial charge in [0.2, 0.25) is 11.8 Å². The van der Waals surface area contributed by atoms with Crippen molar-refractivity contribution in [3.63, 3.8) is 0 Å². The molecule has 3 aromatic rings. The van der Waals surface area contributed by atoms with Crippen molar-refractivity contribution in [3.05, 3.63) is 64.6 Å². The number of amides is 1. The Morgan fingerprint density at radius 2 is 2.08 bits per heavy atom. The summed E-state index contributed by atoms with van der Waals surface area (Å²) in [6.07, 6.45) is 0.842. The fourth-order valence-electron chi connectivity index (χ4n) is 2.31. The van der Waals surface area contributed by atoms with Crippen molar-refractivity contribution in [3.8, 4) is 10.8 Å². The number of aromatic nitrogens is 1. The Hall–Kier alpha value is -2.47. The quantitative estimate of drug-likeness (QED) is 0.741. The molecular weight excluding hydrogens is 327 g/mol. The standard InChI is InChI=1S/C18H17FN2O2S/c1-12-15(21-18(23-12)16-3-2-10-24-16)11-17(22)20-9-8-13-4-6-14(19)7-5-13/h2-7,10H,8-9,11H2,1H3,(H,20,22). The van der Waals surface area contributed by atoms with E-state index in [1.807, 2.05) is 24.4 Å². The summed E-state index contributed by atoms with van der Waals surface area (Å²) in [5.74, 6) is 0.848. The second-order valence-corrected chi connectivity index (χ2v) is 6.35. The molecule has 0 atom stereocenters. The molecule has 24 heavy (non-hydrogen) atoms. The maximum atomic E-state index is 12.8. The summed E-state index contributed by atoms with van der Waals surface area (Å²) in [4.78, 5) is 17.4. The van der Waals surface area contributed by atoms with Gasteiger partial charge in [0.15, 0.2) is 0 Å². The van der Waals surface area contributed by atoms with Crippen molar-refractivity contribution in [2.45, 2.75) is 19.8 Å². The van der Waals surface area contributed by atoms with E-state index < -0.39 is 0 Å². The molecule has 4 nitrogen and oxygen atoms in total. The summed E-state index contributed by atoms with van der Waals surface area (Å²) >= 11 is 1.55. The number of halogens is 1. The van der Waals surface area contributed by atoms with E-state index in [1.54, 1.807) is 23.5 Å². The molecule has 0 saturated carbocycles. The highest BCUT2D eigenvalue weighted by Gasteiger charge is 2.15. The number of nitrogens with zero attached hydrogens (tertiary/aromatic N) is 1. The lowest BCUT2D eigenvalue weighted by molar-refractivity contribution is -0.120. The number of rotatable bonds is 6. The van der Waals surface area contributed by atoms with E-state index in [2.05, 4.69) is 10.3 Å². The Bertz CT molecular complexity index is 810. The summed E-state index contributed by atoms with van der Waals surface area (Å²) < 4.78 is 18.5. The normalized spacial score (nSPS) is 10.8. The summed E-state index contributed by atoms with van der Waals surface area (Å²) in [6.45, 7) is 2.31. The lowest BCUT2D eigenvalue weighted by Gasteiger charge is -2.04. The van der Waals surface area contributed by atoms with Crippen LogP contribution >= 0.6 is 11.3 Å². The molecule has 1 amide bonds. The van der Waals surface area contributed by atoms with Crippen LogP contribution in [0.3, 0.4) is 0 Å². The highest BCUT2D eigenvalue weighted by atomic mass is 32.1. The Morgan fingerprint density at radius 1 is 1.29 bits per heavy atom. The second-order valence-electron chi connectivity index (χ2n) is 5.40. The first-order valence-electron chi connectivity index (χ1n) is 7.63. The molecule has 0 spiro atoms. The maximum Gasteiger partial charge on any atom is 0.236 e. The third kappa shape index (κ3) is 4.08. The maximum absolute atomic E-state index is 12.8. The van der Waals surface area contributed by atoms with Crippen molar-refractivity contribution in [2.75, 3.05) is 6.54 Å². The van der Waals surface area contributed by atoms with Crippen LogP contribution in [0.5, 0.6) is 0 Å². The van der Waals surface area contributed by atoms with Crippen LogP contribution in [0.1, 0.15) is 17.0 Å². The number of carbonyl (C=O) groups is 1. The van der Waals surface area contributed by atoms with E-state index in [1.165, 1.54) is 12.1 Å². The Morgan fingerprint density at radius 3 is 2.79 bits per heavy atom. The van der Waals surface area contributed by atoms with Crippen molar-refractivity contribution >= 4 is 17.2 Å². The van der Waals surface area contributed by atoms with Crippen LogP contribution < -0.4 is 5.32 Å². The van der Waals surface area contributed by atoms with E-state index in [0.717, 1.165) is 10.4 Å². The summed E-state index contributed by atoms with van der Waals surface area (Å²) in [6, 6.07) is 10.1. The molecule has 2 heterocycles. The molecule has 1 aromatic carbocycles. The Kier molecular flexibility index (Phi) is 5.05. The van der Waals surface area contributed by atoms with Gasteiger partial charge in [-0.3, -0.25) is 4.79 Å². The van der Waals surface area contributed by atoms with Crippen LogP contribution in [0, 0.1) is 12.7 Å². The smallest absolute Gasteiger partial charge is 0.236 e. The molecule has 124 valence electrons. The van der Waals surface area contributed by atoms with E-state index in [4.69, 9.17) is 4.42 Å². The lowest BCUT2D eigenvalue weighted by Crippen LogP contribution is -2.27. The first-order chi connectivity index (χ1) is 11.6. The number of hydrogen-bond acceptors (Lipinski definition) is 4. The number of hydrogen-bond donors (Lipinski definition) is 1. The SMILES string of the molecule is Cc1oc(-c2cccs2)nc1CC(=O)NCCc1ccc(F)cc1. The predicted octanol–water partition coefficient (Wildman–Crippen LogP) is 3.75. The van der Waals surface area contributed by atoms with Crippen LogP contribution in [-0.4, -0.2) is 17.4 Å². The minimum Gasteiger partial charge on any atom is -0.440 e. The molecule has 0 aliphatic carbocycles. The van der Waals surface area contributed by atoms with Gasteiger partial charge < -0.3 is 9.73 Å². The van der Waals surface area contributed by atoms with Gasteiger partial charge in [-0.1, -0.05) is 18.2 Å².